The van der Waals surface area contributed by atoms with E-state index < -0.39 is 0 Å². The summed E-state index contributed by atoms with van der Waals surface area (Å²) in [7, 11) is 0. The van der Waals surface area contributed by atoms with Crippen LogP contribution in [0.2, 0.25) is 0 Å². The first kappa shape index (κ1) is 5.92. The number of nitrogens with zero attached hydrogens (tertiary/aromatic N) is 1. The summed E-state index contributed by atoms with van der Waals surface area (Å²) in [5.41, 5.74) is 0. The maximum atomic E-state index is 7.74. The summed E-state index contributed by atoms with van der Waals surface area (Å²) in [4.78, 5) is 3.80. The maximum Gasteiger partial charge on any atom is 0.0742 e. The Balaban J connectivity index is 2.63. The summed E-state index contributed by atoms with van der Waals surface area (Å²) in [6.07, 6.45) is 0. The van der Waals surface area contributed by atoms with Crippen LogP contribution in [0.25, 0.3) is 0 Å². The molecule has 0 aromatic carbocycles. The SMILES string of the molecule is CC(C)CO[N]. The molecule has 0 bridgehead atoms. The summed E-state index contributed by atoms with van der Waals surface area (Å²) >= 11 is 0. The van der Waals surface area contributed by atoms with Gasteiger partial charge in [-0.2, -0.15) is 0 Å². The zero-order chi connectivity index (χ0) is 4.99. The summed E-state index contributed by atoms with van der Waals surface area (Å²) < 4.78 is 0. The topological polar surface area (TPSA) is 31.5 Å². The molecule has 0 aromatic heterocycles. The third kappa shape index (κ3) is 3.92. The highest BCUT2D eigenvalue weighted by molar-refractivity contribution is 4.34. The summed E-state index contributed by atoms with van der Waals surface area (Å²) in [5, 5.41) is 0. The van der Waals surface area contributed by atoms with Crippen molar-refractivity contribution in [3.8, 4) is 0 Å². The normalized spacial score (nSPS) is 10.0. The molecule has 0 aromatic rings. The lowest BCUT2D eigenvalue weighted by atomic mass is 10.2. The van der Waals surface area contributed by atoms with Gasteiger partial charge in [-0.3, -0.25) is 4.84 Å². The van der Waals surface area contributed by atoms with Crippen molar-refractivity contribution in [3.05, 3.63) is 0 Å². The van der Waals surface area contributed by atoms with Crippen molar-refractivity contribution >= 4 is 0 Å². The van der Waals surface area contributed by atoms with Gasteiger partial charge in [0.05, 0.1) is 6.61 Å². The highest BCUT2D eigenvalue weighted by Gasteiger charge is 1.87. The molecule has 0 spiro atoms. The lowest BCUT2D eigenvalue weighted by molar-refractivity contribution is 0.0944. The first-order chi connectivity index (χ1) is 2.77. The average Bonchev–Trinajstić information content (AvgIpc) is 1.35. The van der Waals surface area contributed by atoms with Crippen LogP contribution in [0.4, 0.5) is 0 Å². The third-order valence-corrected chi connectivity index (χ3v) is 0.408. The number of hydrogen-bond donors (Lipinski definition) is 0. The minimum Gasteiger partial charge on any atom is -0.263 e. The summed E-state index contributed by atoms with van der Waals surface area (Å²) in [6, 6.07) is 0. The van der Waals surface area contributed by atoms with Crippen LogP contribution in [0.5, 0.6) is 0 Å². The Morgan fingerprint density at radius 2 is 2.17 bits per heavy atom. The maximum absolute atomic E-state index is 7.74. The van der Waals surface area contributed by atoms with Gasteiger partial charge in [0.2, 0.25) is 0 Å². The predicted molar refractivity (Wildman–Crippen MR) is 22.9 cm³/mol. The molecule has 0 N–H and O–H groups in total. The van der Waals surface area contributed by atoms with E-state index in [2.05, 4.69) is 4.84 Å². The lowest BCUT2D eigenvalue weighted by Gasteiger charge is -1.94. The van der Waals surface area contributed by atoms with Gasteiger partial charge in [0, 0.05) is 5.90 Å². The van der Waals surface area contributed by atoms with Crippen LogP contribution in [0.15, 0.2) is 0 Å². The van der Waals surface area contributed by atoms with E-state index in [1.807, 2.05) is 13.8 Å². The van der Waals surface area contributed by atoms with Gasteiger partial charge in [0.15, 0.2) is 0 Å². The van der Waals surface area contributed by atoms with E-state index in [9.17, 15) is 0 Å². The van der Waals surface area contributed by atoms with Gasteiger partial charge in [0.25, 0.3) is 0 Å². The van der Waals surface area contributed by atoms with Crippen molar-refractivity contribution in [2.75, 3.05) is 6.61 Å². The second kappa shape index (κ2) is 3.12. The molecule has 0 saturated heterocycles. The van der Waals surface area contributed by atoms with Crippen molar-refractivity contribution in [1.29, 1.82) is 0 Å². The zero-order valence-electron chi connectivity index (χ0n) is 4.14. The molecule has 0 amide bonds. The molecule has 2 heteroatoms. The first-order valence-corrected chi connectivity index (χ1v) is 2.03. The van der Waals surface area contributed by atoms with Crippen molar-refractivity contribution < 1.29 is 4.84 Å². The van der Waals surface area contributed by atoms with E-state index in [4.69, 9.17) is 5.90 Å². The molecule has 0 saturated carbocycles. The van der Waals surface area contributed by atoms with Crippen LogP contribution in [0.3, 0.4) is 0 Å². The van der Waals surface area contributed by atoms with Crippen LogP contribution in [-0.4, -0.2) is 6.61 Å². The Hall–Kier alpha value is -0.0800. The van der Waals surface area contributed by atoms with Crippen molar-refractivity contribution in [2.45, 2.75) is 13.8 Å². The molecule has 2 radical (unpaired) electrons. The minimum atomic E-state index is 0.426. The van der Waals surface area contributed by atoms with Gasteiger partial charge in [0.1, 0.15) is 0 Å². The van der Waals surface area contributed by atoms with Gasteiger partial charge in [-0.1, -0.05) is 13.8 Å². The minimum absolute atomic E-state index is 0.426. The van der Waals surface area contributed by atoms with Gasteiger partial charge < -0.3 is 0 Å². The highest BCUT2D eigenvalue weighted by Crippen LogP contribution is 1.87. The standard InChI is InChI=1S/C4H9NO/c1-4(2)3-6-5/h4H,3H2,1-2H3. The van der Waals surface area contributed by atoms with Gasteiger partial charge >= 0.3 is 0 Å². The van der Waals surface area contributed by atoms with Crippen LogP contribution in [0.1, 0.15) is 13.8 Å². The molecule has 6 heavy (non-hydrogen) atoms. The number of hydrogen-bond acceptors (Lipinski definition) is 1. The van der Waals surface area contributed by atoms with E-state index in [0.29, 0.717) is 12.5 Å². The van der Waals surface area contributed by atoms with Crippen LogP contribution < -0.4 is 5.90 Å². The van der Waals surface area contributed by atoms with E-state index >= 15 is 0 Å². The monoisotopic (exact) mass is 87.1 g/mol. The van der Waals surface area contributed by atoms with E-state index in [-0.39, 0.29) is 0 Å². The average molecular weight is 87.1 g/mol. The second-order valence-electron chi connectivity index (χ2n) is 1.69. The summed E-state index contributed by atoms with van der Waals surface area (Å²) in [6.45, 7) is 4.37. The van der Waals surface area contributed by atoms with Crippen LogP contribution in [-0.2, 0) is 4.84 Å². The van der Waals surface area contributed by atoms with Gasteiger partial charge in [-0.15, -0.1) is 0 Å². The highest BCUT2D eigenvalue weighted by atomic mass is 16.6. The van der Waals surface area contributed by atoms with Crippen molar-refractivity contribution in [1.82, 2.24) is 5.90 Å². The zero-order valence-corrected chi connectivity index (χ0v) is 4.14. The molecular formula is C4H9NO. The van der Waals surface area contributed by atoms with Gasteiger partial charge in [-0.25, -0.2) is 0 Å². The molecule has 0 aliphatic carbocycles. The second-order valence-corrected chi connectivity index (χ2v) is 1.69. The fourth-order valence-electron chi connectivity index (χ4n) is 0.149. The molecule has 2 nitrogen and oxygen atoms in total. The van der Waals surface area contributed by atoms with Crippen molar-refractivity contribution in [2.24, 2.45) is 5.92 Å². The number of rotatable bonds is 2. The molecule has 0 aliphatic heterocycles. The summed E-state index contributed by atoms with van der Waals surface area (Å²) in [5.74, 6) is 8.16. The first-order valence-electron chi connectivity index (χ1n) is 2.03. The fourth-order valence-corrected chi connectivity index (χ4v) is 0.149. The molecule has 0 atom stereocenters. The molecule has 0 unspecified atom stereocenters. The Kier molecular flexibility index (Phi) is 3.08. The van der Waals surface area contributed by atoms with E-state index in [1.54, 1.807) is 0 Å². The Bertz CT molecular complexity index is 28.7. The van der Waals surface area contributed by atoms with Crippen molar-refractivity contribution in [3.63, 3.8) is 0 Å². The molecule has 0 aliphatic rings. The molecule has 0 rings (SSSR count). The Morgan fingerprint density at radius 3 is 2.17 bits per heavy atom. The smallest absolute Gasteiger partial charge is 0.0742 e. The van der Waals surface area contributed by atoms with Crippen LogP contribution in [0, 0.1) is 5.92 Å². The largest absolute Gasteiger partial charge is 0.263 e. The van der Waals surface area contributed by atoms with E-state index in [0.717, 1.165) is 0 Å². The quantitative estimate of drug-likeness (QED) is 0.455. The predicted octanol–water partition coefficient (Wildman–Crippen LogP) is 0.643. The Labute approximate surface area is 38.2 Å². The molecule has 0 fully saturated rings. The molecular weight excluding hydrogens is 78.0 g/mol. The van der Waals surface area contributed by atoms with E-state index in [1.165, 1.54) is 0 Å². The lowest BCUT2D eigenvalue weighted by Crippen LogP contribution is -1.98. The third-order valence-electron chi connectivity index (χ3n) is 0.408. The Morgan fingerprint density at radius 1 is 1.67 bits per heavy atom. The van der Waals surface area contributed by atoms with Crippen LogP contribution >= 0.6 is 0 Å². The molecule has 0 heterocycles. The van der Waals surface area contributed by atoms with Gasteiger partial charge in [-0.05, 0) is 5.92 Å². The molecule has 36 valence electrons. The fraction of sp³-hybridized carbons (Fsp3) is 1.00.